The van der Waals surface area contributed by atoms with Crippen LogP contribution in [0.3, 0.4) is 0 Å². The number of halogens is 5. The zero-order valence-corrected chi connectivity index (χ0v) is 11.4. The Labute approximate surface area is 123 Å². The maximum Gasteiger partial charge on any atom is 0.573 e. The first-order valence-corrected chi connectivity index (χ1v) is 6.25. The van der Waals surface area contributed by atoms with Crippen LogP contribution in [0, 0.1) is 18.6 Å². The molecule has 2 aromatic rings. The molecule has 0 aromatic heterocycles. The van der Waals surface area contributed by atoms with E-state index in [9.17, 15) is 22.0 Å². The van der Waals surface area contributed by atoms with Gasteiger partial charge in [-0.3, -0.25) is 0 Å². The highest BCUT2D eigenvalue weighted by Gasteiger charge is 2.31. The maximum absolute atomic E-state index is 13.9. The van der Waals surface area contributed by atoms with Gasteiger partial charge in [0.25, 0.3) is 0 Å². The quantitative estimate of drug-likeness (QED) is 0.860. The lowest BCUT2D eigenvalue weighted by Gasteiger charge is -2.15. The Hall–Kier alpha value is -2.15. The van der Waals surface area contributed by atoms with Crippen LogP contribution in [0.25, 0.3) is 0 Å². The van der Waals surface area contributed by atoms with Crippen molar-refractivity contribution in [2.45, 2.75) is 19.3 Å². The number of rotatable bonds is 3. The smallest absolute Gasteiger partial charge is 0.406 e. The Morgan fingerprint density at radius 3 is 2.09 bits per heavy atom. The minimum atomic E-state index is -4.80. The van der Waals surface area contributed by atoms with E-state index in [1.807, 2.05) is 0 Å². The summed E-state index contributed by atoms with van der Waals surface area (Å²) in [6, 6.07) is 6.38. The van der Waals surface area contributed by atoms with Crippen LogP contribution in [0.5, 0.6) is 5.75 Å². The summed E-state index contributed by atoms with van der Waals surface area (Å²) in [5.41, 5.74) is 6.24. The van der Waals surface area contributed by atoms with Crippen molar-refractivity contribution in [2.24, 2.45) is 5.73 Å². The third-order valence-electron chi connectivity index (χ3n) is 3.11. The number of nitrogens with two attached hydrogens (primary N) is 1. The molecule has 0 saturated carbocycles. The molecule has 0 amide bonds. The third-order valence-corrected chi connectivity index (χ3v) is 3.11. The Morgan fingerprint density at radius 1 is 0.955 bits per heavy atom. The molecule has 2 nitrogen and oxygen atoms in total. The van der Waals surface area contributed by atoms with E-state index in [1.54, 1.807) is 0 Å². The largest absolute Gasteiger partial charge is 0.573 e. The van der Waals surface area contributed by atoms with E-state index in [-0.39, 0.29) is 11.1 Å². The molecular weight excluding hydrogens is 305 g/mol. The Kier molecular flexibility index (Phi) is 4.37. The van der Waals surface area contributed by atoms with E-state index < -0.39 is 29.8 Å². The Balaban J connectivity index is 2.27. The molecule has 22 heavy (non-hydrogen) atoms. The number of hydrogen-bond acceptors (Lipinski definition) is 2. The highest BCUT2D eigenvalue weighted by atomic mass is 19.4. The van der Waals surface area contributed by atoms with Crippen LogP contribution in [-0.2, 0) is 0 Å². The molecule has 0 aliphatic rings. The lowest BCUT2D eigenvalue weighted by molar-refractivity contribution is -0.274. The number of ether oxygens (including phenoxy) is 1. The van der Waals surface area contributed by atoms with Gasteiger partial charge in [0.1, 0.15) is 5.75 Å². The van der Waals surface area contributed by atoms with Crippen molar-refractivity contribution < 1.29 is 26.7 Å². The summed E-state index contributed by atoms with van der Waals surface area (Å²) < 4.78 is 67.3. The van der Waals surface area contributed by atoms with Crippen molar-refractivity contribution in [3.05, 3.63) is 64.7 Å². The first kappa shape index (κ1) is 16.2. The highest BCUT2D eigenvalue weighted by Crippen LogP contribution is 2.28. The molecule has 0 aliphatic heterocycles. The molecule has 7 heteroatoms. The minimum Gasteiger partial charge on any atom is -0.406 e. The molecule has 2 aromatic carbocycles. The Morgan fingerprint density at radius 2 is 1.55 bits per heavy atom. The van der Waals surface area contributed by atoms with Crippen LogP contribution in [-0.4, -0.2) is 6.36 Å². The summed E-state index contributed by atoms with van der Waals surface area (Å²) in [7, 11) is 0. The molecule has 0 saturated heterocycles. The number of aryl methyl sites for hydroxylation is 1. The van der Waals surface area contributed by atoms with E-state index >= 15 is 0 Å². The minimum absolute atomic E-state index is 0.0763. The molecule has 2 rings (SSSR count). The Bertz CT molecular complexity index is 667. The van der Waals surface area contributed by atoms with E-state index in [0.29, 0.717) is 5.56 Å². The van der Waals surface area contributed by atoms with E-state index in [1.165, 1.54) is 31.2 Å². The molecule has 0 spiro atoms. The van der Waals surface area contributed by atoms with Gasteiger partial charge in [0.05, 0.1) is 6.04 Å². The molecule has 0 aliphatic carbocycles. The molecule has 0 heterocycles. The summed E-state index contributed by atoms with van der Waals surface area (Å²) in [5.74, 6) is -2.48. The first-order chi connectivity index (χ1) is 10.2. The van der Waals surface area contributed by atoms with Crippen molar-refractivity contribution in [3.63, 3.8) is 0 Å². The molecule has 0 fully saturated rings. The van der Waals surface area contributed by atoms with Gasteiger partial charge in [-0.15, -0.1) is 13.2 Å². The number of benzene rings is 2. The van der Waals surface area contributed by atoms with Gasteiger partial charge in [-0.05, 0) is 30.2 Å². The van der Waals surface area contributed by atoms with Crippen molar-refractivity contribution >= 4 is 0 Å². The molecule has 0 unspecified atom stereocenters. The van der Waals surface area contributed by atoms with Crippen LogP contribution >= 0.6 is 0 Å². The summed E-state index contributed by atoms with van der Waals surface area (Å²) >= 11 is 0. The second kappa shape index (κ2) is 5.92. The van der Waals surface area contributed by atoms with Crippen LogP contribution in [0.1, 0.15) is 22.7 Å². The standard InChI is InChI=1S/C15H12F5NO/c1-8-2-7-11(13(17)12(8)16)14(21)9-3-5-10(6-4-9)22-15(18,19)20/h2-7,14H,21H2,1H3/t14-/m0/s1. The fourth-order valence-electron chi connectivity index (χ4n) is 1.96. The summed E-state index contributed by atoms with van der Waals surface area (Å²) in [4.78, 5) is 0. The second-order valence-electron chi connectivity index (χ2n) is 4.69. The molecule has 0 bridgehead atoms. The highest BCUT2D eigenvalue weighted by molar-refractivity contribution is 5.37. The van der Waals surface area contributed by atoms with Gasteiger partial charge < -0.3 is 10.5 Å². The van der Waals surface area contributed by atoms with Crippen LogP contribution in [0.15, 0.2) is 36.4 Å². The summed E-state index contributed by atoms with van der Waals surface area (Å²) in [6.45, 7) is 1.41. The van der Waals surface area contributed by atoms with E-state index in [2.05, 4.69) is 4.74 Å². The van der Waals surface area contributed by atoms with Crippen molar-refractivity contribution in [1.29, 1.82) is 0 Å². The zero-order valence-electron chi connectivity index (χ0n) is 11.4. The van der Waals surface area contributed by atoms with Crippen LogP contribution in [0.4, 0.5) is 22.0 Å². The van der Waals surface area contributed by atoms with Gasteiger partial charge in [-0.25, -0.2) is 8.78 Å². The van der Waals surface area contributed by atoms with E-state index in [0.717, 1.165) is 12.1 Å². The SMILES string of the molecule is Cc1ccc([C@@H](N)c2ccc(OC(F)(F)F)cc2)c(F)c1F. The molecule has 118 valence electrons. The van der Waals surface area contributed by atoms with Gasteiger partial charge >= 0.3 is 6.36 Å². The predicted molar refractivity (Wildman–Crippen MR) is 70.3 cm³/mol. The van der Waals surface area contributed by atoms with Gasteiger partial charge in [-0.2, -0.15) is 0 Å². The predicted octanol–water partition coefficient (Wildman–Crippen LogP) is 4.22. The van der Waals surface area contributed by atoms with Gasteiger partial charge in [0.2, 0.25) is 0 Å². The van der Waals surface area contributed by atoms with Crippen LogP contribution < -0.4 is 10.5 Å². The number of hydrogen-bond donors (Lipinski definition) is 1. The topological polar surface area (TPSA) is 35.2 Å². The number of alkyl halides is 3. The summed E-state index contributed by atoms with van der Waals surface area (Å²) in [5, 5.41) is 0. The van der Waals surface area contributed by atoms with Crippen molar-refractivity contribution in [3.8, 4) is 5.75 Å². The monoisotopic (exact) mass is 317 g/mol. The average molecular weight is 317 g/mol. The zero-order chi connectivity index (χ0) is 16.5. The van der Waals surface area contributed by atoms with Crippen molar-refractivity contribution in [1.82, 2.24) is 0 Å². The molecular formula is C15H12F5NO. The fourth-order valence-corrected chi connectivity index (χ4v) is 1.96. The van der Waals surface area contributed by atoms with Gasteiger partial charge in [0, 0.05) is 5.56 Å². The first-order valence-electron chi connectivity index (χ1n) is 6.25. The lowest BCUT2D eigenvalue weighted by Crippen LogP contribution is -2.17. The fraction of sp³-hybridized carbons (Fsp3) is 0.200. The molecule has 2 N–H and O–H groups in total. The normalized spacial score (nSPS) is 13.0. The maximum atomic E-state index is 13.9. The molecule has 1 atom stereocenters. The summed E-state index contributed by atoms with van der Waals surface area (Å²) in [6.07, 6.45) is -4.80. The lowest BCUT2D eigenvalue weighted by atomic mass is 9.98. The third kappa shape index (κ3) is 3.54. The van der Waals surface area contributed by atoms with Gasteiger partial charge in [0.15, 0.2) is 11.6 Å². The van der Waals surface area contributed by atoms with E-state index in [4.69, 9.17) is 5.73 Å². The van der Waals surface area contributed by atoms with Crippen molar-refractivity contribution in [2.75, 3.05) is 0 Å². The molecule has 0 radical (unpaired) electrons. The van der Waals surface area contributed by atoms with Crippen LogP contribution in [0.2, 0.25) is 0 Å². The second-order valence-corrected chi connectivity index (χ2v) is 4.69. The van der Waals surface area contributed by atoms with Gasteiger partial charge in [-0.1, -0.05) is 24.3 Å². The average Bonchev–Trinajstić information content (AvgIpc) is 2.43.